The Bertz CT molecular complexity index is 1090. The molecule has 1 aliphatic rings. The zero-order valence-electron chi connectivity index (χ0n) is 14.5. The molecular weight excluding hydrogens is 330 g/mol. The van der Waals surface area contributed by atoms with E-state index in [9.17, 15) is 14.4 Å². The molecule has 0 N–H and O–H groups in total. The summed E-state index contributed by atoms with van der Waals surface area (Å²) >= 11 is 0. The summed E-state index contributed by atoms with van der Waals surface area (Å²) in [4.78, 5) is 38.9. The Kier molecular flexibility index (Phi) is 3.72. The van der Waals surface area contributed by atoms with Gasteiger partial charge in [0.1, 0.15) is 5.69 Å². The molecule has 26 heavy (non-hydrogen) atoms. The van der Waals surface area contributed by atoms with E-state index in [1.165, 1.54) is 0 Å². The summed E-state index contributed by atoms with van der Waals surface area (Å²) < 4.78 is 6.83. The van der Waals surface area contributed by atoms with Gasteiger partial charge in [0.05, 0.1) is 23.3 Å². The lowest BCUT2D eigenvalue weighted by molar-refractivity contribution is 0.0526. The Morgan fingerprint density at radius 1 is 1.04 bits per heavy atom. The predicted molar refractivity (Wildman–Crippen MR) is 96.0 cm³/mol. The summed E-state index contributed by atoms with van der Waals surface area (Å²) in [7, 11) is 0. The van der Waals surface area contributed by atoms with Gasteiger partial charge in [-0.25, -0.2) is 4.79 Å². The van der Waals surface area contributed by atoms with Crippen molar-refractivity contribution in [3.05, 3.63) is 76.1 Å². The Balaban J connectivity index is 2.11. The molecule has 0 spiro atoms. The molecule has 2 heterocycles. The van der Waals surface area contributed by atoms with Crippen molar-refractivity contribution >= 4 is 23.1 Å². The molecule has 130 valence electrons. The molecule has 2 aromatic heterocycles. The molecule has 5 heteroatoms. The number of ether oxygens (including phenoxy) is 1. The number of aromatic nitrogens is 1. The number of hydrogen-bond acceptors (Lipinski definition) is 4. The highest BCUT2D eigenvalue weighted by Crippen LogP contribution is 2.34. The third-order valence-electron chi connectivity index (χ3n) is 4.75. The number of carbonyl (C=O) groups excluding carboxylic acids is 3. The minimum absolute atomic E-state index is 0.139. The number of ketones is 2. The van der Waals surface area contributed by atoms with Crippen LogP contribution in [0.2, 0.25) is 0 Å². The minimum atomic E-state index is -0.583. The lowest BCUT2D eigenvalue weighted by Crippen LogP contribution is -2.23. The lowest BCUT2D eigenvalue weighted by atomic mass is 9.86. The summed E-state index contributed by atoms with van der Waals surface area (Å²) in [5, 5.41) is 0. The topological polar surface area (TPSA) is 64.8 Å². The first-order valence-corrected chi connectivity index (χ1v) is 8.61. The van der Waals surface area contributed by atoms with E-state index in [2.05, 4.69) is 0 Å². The van der Waals surface area contributed by atoms with Crippen LogP contribution in [0.1, 0.15) is 61.7 Å². The van der Waals surface area contributed by atoms with E-state index in [4.69, 9.17) is 4.74 Å². The van der Waals surface area contributed by atoms with Crippen molar-refractivity contribution in [3.63, 3.8) is 0 Å². The smallest absolute Gasteiger partial charge is 0.341 e. The number of carbonyl (C=O) groups is 3. The van der Waals surface area contributed by atoms with Crippen molar-refractivity contribution in [2.24, 2.45) is 0 Å². The highest BCUT2D eigenvalue weighted by atomic mass is 16.5. The molecule has 0 saturated heterocycles. The molecule has 0 atom stereocenters. The summed E-state index contributed by atoms with van der Waals surface area (Å²) in [5.41, 5.74) is 2.76. The normalized spacial score (nSPS) is 12.8. The fourth-order valence-electron chi connectivity index (χ4n) is 3.51. The highest BCUT2D eigenvalue weighted by Gasteiger charge is 2.38. The van der Waals surface area contributed by atoms with Crippen LogP contribution in [0.25, 0.3) is 5.52 Å². The van der Waals surface area contributed by atoms with Crippen molar-refractivity contribution in [1.82, 2.24) is 4.40 Å². The Morgan fingerprint density at radius 3 is 2.38 bits per heavy atom. The van der Waals surface area contributed by atoms with Crippen LogP contribution in [0.3, 0.4) is 0 Å². The van der Waals surface area contributed by atoms with Crippen LogP contribution in [0.4, 0.5) is 0 Å². The summed E-state index contributed by atoms with van der Waals surface area (Å²) in [6, 6.07) is 10.4. The van der Waals surface area contributed by atoms with Gasteiger partial charge in [0.25, 0.3) is 0 Å². The fraction of sp³-hybridized carbons (Fsp3) is 0.190. The molecule has 0 amide bonds. The first-order valence-electron chi connectivity index (χ1n) is 8.61. The lowest BCUT2D eigenvalue weighted by Gasteiger charge is -2.15. The van der Waals surface area contributed by atoms with Crippen molar-refractivity contribution in [2.75, 3.05) is 6.61 Å². The number of hydrogen-bond donors (Lipinski definition) is 0. The monoisotopic (exact) mass is 347 g/mol. The Morgan fingerprint density at radius 2 is 1.73 bits per heavy atom. The van der Waals surface area contributed by atoms with Gasteiger partial charge in [-0.2, -0.15) is 0 Å². The van der Waals surface area contributed by atoms with Gasteiger partial charge in [-0.1, -0.05) is 31.2 Å². The maximum Gasteiger partial charge on any atom is 0.341 e. The molecular formula is C21H17NO4. The maximum atomic E-state index is 13.1. The van der Waals surface area contributed by atoms with Crippen molar-refractivity contribution in [1.29, 1.82) is 0 Å². The number of fused-ring (bicyclic) bond motifs is 4. The molecule has 0 unspecified atom stereocenters. The summed E-state index contributed by atoms with van der Waals surface area (Å²) in [5.74, 6) is -1.16. The number of pyridine rings is 1. The van der Waals surface area contributed by atoms with Gasteiger partial charge < -0.3 is 9.14 Å². The molecule has 1 aromatic carbocycles. The van der Waals surface area contributed by atoms with Gasteiger partial charge in [-0.3, -0.25) is 9.59 Å². The van der Waals surface area contributed by atoms with Crippen LogP contribution in [-0.2, 0) is 11.2 Å². The second-order valence-corrected chi connectivity index (χ2v) is 6.17. The molecule has 0 fully saturated rings. The van der Waals surface area contributed by atoms with Crippen LogP contribution in [0, 0.1) is 0 Å². The first-order chi connectivity index (χ1) is 12.6. The van der Waals surface area contributed by atoms with E-state index < -0.39 is 5.97 Å². The average molecular weight is 347 g/mol. The third-order valence-corrected chi connectivity index (χ3v) is 4.75. The summed E-state index contributed by atoms with van der Waals surface area (Å²) in [6.07, 6.45) is 2.52. The first kappa shape index (κ1) is 16.3. The number of benzene rings is 1. The second kappa shape index (κ2) is 5.95. The van der Waals surface area contributed by atoms with Crippen molar-refractivity contribution < 1.29 is 19.1 Å². The number of esters is 1. The fourth-order valence-corrected chi connectivity index (χ4v) is 3.51. The second-order valence-electron chi connectivity index (χ2n) is 6.17. The van der Waals surface area contributed by atoms with E-state index in [0.29, 0.717) is 16.6 Å². The Labute approximate surface area is 150 Å². The van der Waals surface area contributed by atoms with Gasteiger partial charge in [-0.05, 0) is 31.0 Å². The minimum Gasteiger partial charge on any atom is -0.462 e. The van der Waals surface area contributed by atoms with E-state index >= 15 is 0 Å². The molecule has 0 aliphatic heterocycles. The van der Waals surface area contributed by atoms with Crippen molar-refractivity contribution in [3.8, 4) is 0 Å². The van der Waals surface area contributed by atoms with Crippen LogP contribution < -0.4 is 0 Å². The van der Waals surface area contributed by atoms with Gasteiger partial charge in [0.15, 0.2) is 5.78 Å². The molecule has 0 bridgehead atoms. The highest BCUT2D eigenvalue weighted by molar-refractivity contribution is 6.31. The largest absolute Gasteiger partial charge is 0.462 e. The molecule has 4 rings (SSSR count). The van der Waals surface area contributed by atoms with Gasteiger partial charge >= 0.3 is 5.97 Å². The van der Waals surface area contributed by atoms with E-state index in [1.807, 2.05) is 19.1 Å². The van der Waals surface area contributed by atoms with E-state index in [0.717, 1.165) is 12.0 Å². The maximum absolute atomic E-state index is 13.1. The van der Waals surface area contributed by atoms with Crippen LogP contribution in [0.5, 0.6) is 0 Å². The van der Waals surface area contributed by atoms with Gasteiger partial charge in [0, 0.05) is 17.3 Å². The standard InChI is InChI=1S/C21H17NO4/c1-3-12-9-10-22-15(11-12)16(21(25)26-4-2)17-18(22)20(24)14-8-6-5-7-13(14)19(17)23/h5-11H,3-4H2,1-2H3. The van der Waals surface area contributed by atoms with Crippen LogP contribution >= 0.6 is 0 Å². The van der Waals surface area contributed by atoms with E-state index in [1.54, 1.807) is 41.8 Å². The Hall–Kier alpha value is -3.21. The molecule has 1 aliphatic carbocycles. The van der Waals surface area contributed by atoms with Gasteiger partial charge in [-0.15, -0.1) is 0 Å². The van der Waals surface area contributed by atoms with E-state index in [-0.39, 0.29) is 35.0 Å². The molecule has 0 radical (unpaired) electrons. The van der Waals surface area contributed by atoms with Crippen LogP contribution in [-0.4, -0.2) is 28.5 Å². The van der Waals surface area contributed by atoms with Gasteiger partial charge in [0.2, 0.25) is 5.78 Å². The zero-order chi connectivity index (χ0) is 18.4. The quantitative estimate of drug-likeness (QED) is 0.533. The third kappa shape index (κ3) is 2.13. The SMILES string of the molecule is CCOC(=O)c1c2c(n3ccc(CC)cc13)C(=O)c1ccccc1C2=O. The number of nitrogens with zero attached hydrogens (tertiary/aromatic N) is 1. The average Bonchev–Trinajstić information content (AvgIpc) is 3.01. The summed E-state index contributed by atoms with van der Waals surface area (Å²) in [6.45, 7) is 3.91. The van der Waals surface area contributed by atoms with Crippen molar-refractivity contribution in [2.45, 2.75) is 20.3 Å². The number of rotatable bonds is 3. The number of aryl methyl sites for hydroxylation is 1. The molecule has 5 nitrogen and oxygen atoms in total. The van der Waals surface area contributed by atoms with Crippen LogP contribution in [0.15, 0.2) is 42.6 Å². The molecule has 0 saturated carbocycles. The molecule has 3 aromatic rings. The predicted octanol–water partition coefficient (Wildman–Crippen LogP) is 3.45. The zero-order valence-corrected chi connectivity index (χ0v) is 14.5.